The average molecular weight is 306 g/mol. The molecule has 3 rings (SSSR count). The van der Waals surface area contributed by atoms with Gasteiger partial charge in [0.15, 0.2) is 0 Å². The monoisotopic (exact) mass is 306 g/mol. The Balaban J connectivity index is 1.96. The Morgan fingerprint density at radius 3 is 2.73 bits per heavy atom. The van der Waals surface area contributed by atoms with E-state index >= 15 is 0 Å². The quantitative estimate of drug-likeness (QED) is 0.897. The number of hydrogen-bond acceptors (Lipinski definition) is 3. The second kappa shape index (κ2) is 5.97. The molecule has 1 saturated heterocycles. The highest BCUT2D eigenvalue weighted by Crippen LogP contribution is 2.49. The molecule has 3 atom stereocenters. The van der Waals surface area contributed by atoms with E-state index in [0.717, 1.165) is 31.2 Å². The van der Waals surface area contributed by atoms with Gasteiger partial charge in [0.05, 0.1) is 12.1 Å². The smallest absolute Gasteiger partial charge is 0.231 e. The van der Waals surface area contributed by atoms with Crippen LogP contribution in [0.3, 0.4) is 0 Å². The molecule has 1 aliphatic carbocycles. The first-order valence-electron chi connectivity index (χ1n) is 8.00. The molecule has 0 radical (unpaired) electrons. The number of carbonyl (C=O) groups is 1. The molecule has 1 aromatic carbocycles. The fourth-order valence-corrected chi connectivity index (χ4v) is 4.22. The van der Waals surface area contributed by atoms with E-state index in [1.807, 2.05) is 4.90 Å². The fraction of sp³-hybridized carbons (Fsp3) is 0.588. The Labute approximate surface area is 130 Å². The van der Waals surface area contributed by atoms with Gasteiger partial charge < -0.3 is 10.8 Å². The fourth-order valence-electron chi connectivity index (χ4n) is 4.22. The summed E-state index contributed by atoms with van der Waals surface area (Å²) >= 11 is 0. The van der Waals surface area contributed by atoms with E-state index in [2.05, 4.69) is 0 Å². The highest BCUT2D eigenvalue weighted by atomic mass is 19.1. The molecule has 120 valence electrons. The Morgan fingerprint density at radius 1 is 1.32 bits per heavy atom. The largest absolute Gasteiger partial charge is 0.389 e. The topological polar surface area (TPSA) is 66.6 Å². The van der Waals surface area contributed by atoms with Crippen LogP contribution in [0.1, 0.15) is 43.7 Å². The van der Waals surface area contributed by atoms with Crippen LogP contribution in [0.4, 0.5) is 4.39 Å². The molecule has 1 heterocycles. The Kier molecular flexibility index (Phi) is 4.19. The molecule has 2 aliphatic rings. The number of primary amides is 1. The summed E-state index contributed by atoms with van der Waals surface area (Å²) < 4.78 is 13.2. The van der Waals surface area contributed by atoms with Crippen molar-refractivity contribution in [2.24, 2.45) is 11.7 Å². The molecule has 4 nitrogen and oxygen atoms in total. The van der Waals surface area contributed by atoms with Crippen molar-refractivity contribution in [2.75, 3.05) is 13.1 Å². The van der Waals surface area contributed by atoms with E-state index in [1.54, 1.807) is 12.1 Å². The van der Waals surface area contributed by atoms with Crippen molar-refractivity contribution < 1.29 is 14.3 Å². The lowest BCUT2D eigenvalue weighted by molar-refractivity contribution is -0.136. The SMILES string of the molecule is NC(=O)CN1CC[C@]2(O)CCCC[C@@H]2[C@@H]1c1ccc(F)cc1. The van der Waals surface area contributed by atoms with Crippen LogP contribution in [0.2, 0.25) is 0 Å². The van der Waals surface area contributed by atoms with Crippen molar-refractivity contribution in [3.8, 4) is 0 Å². The molecule has 0 aromatic heterocycles. The van der Waals surface area contributed by atoms with Crippen molar-refractivity contribution >= 4 is 5.91 Å². The van der Waals surface area contributed by atoms with Gasteiger partial charge in [-0.05, 0) is 37.0 Å². The predicted octanol–water partition coefficient (Wildman–Crippen LogP) is 1.98. The number of hydrogen-bond donors (Lipinski definition) is 2. The number of rotatable bonds is 3. The highest BCUT2D eigenvalue weighted by molar-refractivity contribution is 5.76. The number of nitrogens with zero attached hydrogens (tertiary/aromatic N) is 1. The number of benzene rings is 1. The van der Waals surface area contributed by atoms with Gasteiger partial charge in [0, 0.05) is 18.5 Å². The van der Waals surface area contributed by atoms with Gasteiger partial charge in [0.1, 0.15) is 5.82 Å². The van der Waals surface area contributed by atoms with Gasteiger partial charge in [-0.25, -0.2) is 4.39 Å². The van der Waals surface area contributed by atoms with Crippen molar-refractivity contribution in [1.82, 2.24) is 4.90 Å². The third kappa shape index (κ3) is 2.88. The maximum absolute atomic E-state index is 13.2. The van der Waals surface area contributed by atoms with Gasteiger partial charge in [-0.3, -0.25) is 9.69 Å². The van der Waals surface area contributed by atoms with Crippen molar-refractivity contribution in [1.29, 1.82) is 0 Å². The minimum atomic E-state index is -0.675. The zero-order valence-corrected chi connectivity index (χ0v) is 12.7. The first-order valence-corrected chi connectivity index (χ1v) is 8.00. The number of aliphatic hydroxyl groups is 1. The molecule has 5 heteroatoms. The van der Waals surface area contributed by atoms with E-state index in [1.165, 1.54) is 12.1 Å². The number of likely N-dealkylation sites (tertiary alicyclic amines) is 1. The first-order chi connectivity index (χ1) is 10.5. The molecular weight excluding hydrogens is 283 g/mol. The normalized spacial score (nSPS) is 32.5. The lowest BCUT2D eigenvalue weighted by atomic mass is 9.66. The number of halogens is 1. The second-order valence-corrected chi connectivity index (χ2v) is 6.64. The maximum Gasteiger partial charge on any atom is 0.231 e. The van der Waals surface area contributed by atoms with Crippen LogP contribution in [0.15, 0.2) is 24.3 Å². The lowest BCUT2D eigenvalue weighted by Gasteiger charge is -2.52. The highest BCUT2D eigenvalue weighted by Gasteiger charge is 2.48. The van der Waals surface area contributed by atoms with E-state index in [-0.39, 0.29) is 30.2 Å². The maximum atomic E-state index is 13.2. The minimum absolute atomic E-state index is 0.0693. The first kappa shape index (κ1) is 15.4. The average Bonchev–Trinajstić information content (AvgIpc) is 2.48. The Hall–Kier alpha value is -1.46. The summed E-state index contributed by atoms with van der Waals surface area (Å²) in [5.74, 6) is -0.576. The molecule has 0 bridgehead atoms. The second-order valence-electron chi connectivity index (χ2n) is 6.64. The van der Waals surface area contributed by atoms with Gasteiger partial charge >= 0.3 is 0 Å². The van der Waals surface area contributed by atoms with Gasteiger partial charge in [0.25, 0.3) is 0 Å². The third-order valence-electron chi connectivity index (χ3n) is 5.24. The van der Waals surface area contributed by atoms with Crippen LogP contribution in [0, 0.1) is 11.7 Å². The minimum Gasteiger partial charge on any atom is -0.389 e. The third-order valence-corrected chi connectivity index (χ3v) is 5.24. The lowest BCUT2D eigenvalue weighted by Crippen LogP contribution is -2.56. The van der Waals surface area contributed by atoms with Gasteiger partial charge in [-0.15, -0.1) is 0 Å². The summed E-state index contributed by atoms with van der Waals surface area (Å²) in [4.78, 5) is 13.4. The Bertz CT molecular complexity index is 548. The number of fused-ring (bicyclic) bond motifs is 1. The van der Waals surface area contributed by atoms with Crippen molar-refractivity contribution in [3.63, 3.8) is 0 Å². The molecule has 1 amide bonds. The molecule has 0 unspecified atom stereocenters. The van der Waals surface area contributed by atoms with E-state index in [4.69, 9.17) is 5.73 Å². The summed E-state index contributed by atoms with van der Waals surface area (Å²) in [6, 6.07) is 6.32. The Morgan fingerprint density at radius 2 is 2.05 bits per heavy atom. The van der Waals surface area contributed by atoms with E-state index < -0.39 is 5.60 Å². The summed E-state index contributed by atoms with van der Waals surface area (Å²) in [6.07, 6.45) is 4.52. The standard InChI is InChI=1S/C17H23FN2O2/c18-13-6-4-12(5-7-13)16-14-3-1-2-8-17(14,22)9-10-20(16)11-15(19)21/h4-7,14,16,22H,1-3,8-11H2,(H2,19,21)/t14-,16+,17-/m1/s1. The number of nitrogens with two attached hydrogens (primary N) is 1. The van der Waals surface area contributed by atoms with Crippen molar-refractivity contribution in [3.05, 3.63) is 35.6 Å². The van der Waals surface area contributed by atoms with Gasteiger partial charge in [-0.1, -0.05) is 25.0 Å². The van der Waals surface area contributed by atoms with Gasteiger partial charge in [0.2, 0.25) is 5.91 Å². The summed E-state index contributed by atoms with van der Waals surface area (Å²) in [7, 11) is 0. The van der Waals surface area contributed by atoms with E-state index in [0.29, 0.717) is 13.0 Å². The molecule has 1 aromatic rings. The molecule has 1 aliphatic heterocycles. The zero-order chi connectivity index (χ0) is 15.7. The van der Waals surface area contributed by atoms with Crippen LogP contribution in [0.25, 0.3) is 0 Å². The van der Waals surface area contributed by atoms with Crippen LogP contribution in [0.5, 0.6) is 0 Å². The van der Waals surface area contributed by atoms with Crippen molar-refractivity contribution in [2.45, 2.75) is 43.7 Å². The number of piperidine rings is 1. The van der Waals surface area contributed by atoms with Crippen LogP contribution < -0.4 is 5.73 Å². The molecule has 2 fully saturated rings. The molecule has 3 N–H and O–H groups in total. The van der Waals surface area contributed by atoms with E-state index in [9.17, 15) is 14.3 Å². The number of amides is 1. The predicted molar refractivity (Wildman–Crippen MR) is 81.4 cm³/mol. The molecule has 1 saturated carbocycles. The molecule has 0 spiro atoms. The van der Waals surface area contributed by atoms with Crippen LogP contribution in [-0.2, 0) is 4.79 Å². The summed E-state index contributed by atoms with van der Waals surface area (Å²) in [5, 5.41) is 11.0. The van der Waals surface area contributed by atoms with Gasteiger partial charge in [-0.2, -0.15) is 0 Å². The number of carbonyl (C=O) groups excluding carboxylic acids is 1. The molecular formula is C17H23FN2O2. The molecule has 22 heavy (non-hydrogen) atoms. The summed E-state index contributed by atoms with van der Waals surface area (Å²) in [6.45, 7) is 0.812. The summed E-state index contributed by atoms with van der Waals surface area (Å²) in [5.41, 5.74) is 5.66. The van der Waals surface area contributed by atoms with Crippen LogP contribution >= 0.6 is 0 Å². The zero-order valence-electron chi connectivity index (χ0n) is 12.7. The van der Waals surface area contributed by atoms with Crippen LogP contribution in [-0.4, -0.2) is 34.6 Å².